The maximum Gasteiger partial charge on any atom is 0.272 e. The van der Waals surface area contributed by atoms with Gasteiger partial charge in [0, 0.05) is 116 Å². The number of H-pyrrole nitrogens is 1. The first-order valence-electron chi connectivity index (χ1n) is 36.1. The lowest BCUT2D eigenvalue weighted by molar-refractivity contribution is 0.0999. The van der Waals surface area contributed by atoms with Gasteiger partial charge in [-0.1, -0.05) is 218 Å². The van der Waals surface area contributed by atoms with E-state index in [1.54, 1.807) is 0 Å². The highest BCUT2D eigenvalue weighted by Gasteiger charge is 2.43. The number of piperazine rings is 1. The molecule has 1 saturated heterocycles. The molecule has 8 aromatic carbocycles. The second-order valence-corrected chi connectivity index (χ2v) is 27.5. The number of rotatable bonds is 18. The van der Waals surface area contributed by atoms with E-state index in [1.165, 1.54) is 61.2 Å². The molecule has 6 aliphatic rings. The Morgan fingerprint density at radius 1 is 0.574 bits per heavy atom. The number of aromatic nitrogens is 4. The molecule has 518 valence electrons. The van der Waals surface area contributed by atoms with Gasteiger partial charge in [0.15, 0.2) is 5.78 Å². The first-order valence-corrected chi connectivity index (χ1v) is 36.1. The molecule has 0 bridgehead atoms. The Bertz CT molecular complexity index is 4680. The van der Waals surface area contributed by atoms with Gasteiger partial charge >= 0.3 is 0 Å². The summed E-state index contributed by atoms with van der Waals surface area (Å²) in [7, 11) is 2.19. The second kappa shape index (κ2) is 31.3. The number of likely N-dealkylation sites (N-methyl/N-ethyl adjacent to an activating group) is 1. The lowest BCUT2D eigenvalue weighted by Gasteiger charge is -2.38. The first-order chi connectivity index (χ1) is 49.0. The standard InChI is InChI=1S/C34H42N4.C28H29N5O.C23H22N4O.CH4/c1-6-37(7-2)22-25-16-18-27(19-17-25)31-21-29-14-11-15-30-24(5)35-36-34(32(29)30)33(31)28-13-10-12-26(20-28)23-38(8-3)9-4;1-32-13-15-33(16-14-32)18-19-7-5-10-21(17-19)24-26(20-8-3-2-4-9-20)29-23-12-6-11-22-25(23)27(24)30-31-28(22)34;1-2-12-27-13-11-24-23(27)20-21(15-7-4-3-5-8-15)26-17-10-6-9-16-18(28)14-25-22(20)19(16)17;/h10-20,31,33,35H,5-9,21-23H2,1-4H3;2-12,17,24,26,29H,13-16,18H2,1H3,(H,31,34);3-11,13,20-21,26H,2,12,14H2,1H3;1H4. The number of carbonyl (C=O) groups excluding carboxylic acids is 1. The van der Waals surface area contributed by atoms with Crippen LogP contribution >= 0.6 is 0 Å². The number of imidazole rings is 1. The third-order valence-corrected chi connectivity index (χ3v) is 21.4. The number of ketones is 1. The van der Waals surface area contributed by atoms with Crippen molar-refractivity contribution >= 4 is 45.1 Å². The Labute approximate surface area is 596 Å². The van der Waals surface area contributed by atoms with Crippen LogP contribution in [0.3, 0.4) is 0 Å². The van der Waals surface area contributed by atoms with Crippen LogP contribution in [0.15, 0.2) is 222 Å². The van der Waals surface area contributed by atoms with Crippen molar-refractivity contribution in [3.63, 3.8) is 0 Å². The van der Waals surface area contributed by atoms with Crippen molar-refractivity contribution in [3.8, 4) is 0 Å². The molecular formula is C86H97N13O2. The van der Waals surface area contributed by atoms with Gasteiger partial charge < -0.3 is 20.1 Å². The number of Topliss-reactive ketones (excluding diaryl/α,β-unsaturated/α-hetero) is 1. The monoisotopic (exact) mass is 1340 g/mol. The minimum atomic E-state index is -0.150. The minimum Gasteiger partial charge on any atom is -0.377 e. The number of benzene rings is 8. The topological polar surface area (TPSA) is 154 Å². The number of hydrogen-bond donors (Lipinski definition) is 4. The zero-order valence-corrected chi connectivity index (χ0v) is 58.7. The molecular weight excluding hydrogens is 1250 g/mol. The van der Waals surface area contributed by atoms with E-state index < -0.39 is 0 Å². The molecule has 16 rings (SSSR count). The van der Waals surface area contributed by atoms with Crippen LogP contribution in [-0.2, 0) is 32.6 Å². The van der Waals surface area contributed by atoms with E-state index in [2.05, 4.69) is 238 Å². The average Bonchev–Trinajstić information content (AvgIpc) is 1.05. The molecule has 101 heavy (non-hydrogen) atoms. The summed E-state index contributed by atoms with van der Waals surface area (Å²) in [4.78, 5) is 44.4. The maximum absolute atomic E-state index is 12.6. The molecule has 15 nitrogen and oxygen atoms in total. The van der Waals surface area contributed by atoms with E-state index in [1.807, 2.05) is 60.9 Å². The van der Waals surface area contributed by atoms with Crippen LogP contribution in [0.5, 0.6) is 0 Å². The van der Waals surface area contributed by atoms with Gasteiger partial charge in [-0.05, 0) is 114 Å². The molecule has 5 aliphatic heterocycles. The number of aromatic amines is 1. The number of aryl methyl sites for hydroxylation is 1. The minimum absolute atomic E-state index is 0. The van der Waals surface area contributed by atoms with E-state index in [0.29, 0.717) is 11.3 Å². The van der Waals surface area contributed by atoms with Gasteiger partial charge in [0.1, 0.15) is 12.4 Å². The van der Waals surface area contributed by atoms with Crippen LogP contribution in [-0.4, -0.2) is 123 Å². The van der Waals surface area contributed by atoms with Crippen molar-refractivity contribution in [1.82, 2.24) is 44.8 Å². The van der Waals surface area contributed by atoms with E-state index >= 15 is 0 Å². The van der Waals surface area contributed by atoms with Gasteiger partial charge in [-0.2, -0.15) is 10.2 Å². The predicted molar refractivity (Wildman–Crippen MR) is 414 cm³/mol. The molecule has 0 amide bonds. The molecule has 1 fully saturated rings. The van der Waals surface area contributed by atoms with Crippen molar-refractivity contribution in [2.75, 3.05) is 76.6 Å². The Morgan fingerprint density at radius 3 is 1.88 bits per heavy atom. The second-order valence-electron chi connectivity index (χ2n) is 27.5. The van der Waals surface area contributed by atoms with Gasteiger partial charge in [0.05, 0.1) is 52.1 Å². The van der Waals surface area contributed by atoms with Crippen molar-refractivity contribution in [2.24, 2.45) is 10.1 Å². The highest BCUT2D eigenvalue weighted by Crippen LogP contribution is 2.49. The molecule has 1 aliphatic carbocycles. The van der Waals surface area contributed by atoms with Crippen molar-refractivity contribution in [3.05, 3.63) is 301 Å². The largest absolute Gasteiger partial charge is 0.377 e. The normalized spacial score (nSPS) is 19.6. The molecule has 7 heterocycles. The van der Waals surface area contributed by atoms with Crippen molar-refractivity contribution in [1.29, 1.82) is 0 Å². The Hall–Kier alpha value is -9.90. The lowest BCUT2D eigenvalue weighted by Crippen LogP contribution is -2.43. The number of aliphatic imine (C=N–C) groups is 1. The van der Waals surface area contributed by atoms with E-state index in [-0.39, 0.29) is 55.2 Å². The van der Waals surface area contributed by atoms with E-state index in [0.717, 1.165) is 148 Å². The molecule has 4 N–H and O–H groups in total. The Balaban J connectivity index is 0.000000136. The summed E-state index contributed by atoms with van der Waals surface area (Å²) in [6.45, 7) is 28.1. The summed E-state index contributed by atoms with van der Waals surface area (Å²) in [5, 5.41) is 21.4. The van der Waals surface area contributed by atoms with Crippen molar-refractivity contribution < 1.29 is 4.79 Å². The highest BCUT2D eigenvalue weighted by atomic mass is 16.1. The summed E-state index contributed by atoms with van der Waals surface area (Å²) < 4.78 is 2.22. The average molecular weight is 1340 g/mol. The number of hydrogen-bond acceptors (Lipinski definition) is 13. The van der Waals surface area contributed by atoms with Crippen molar-refractivity contribution in [2.45, 2.75) is 117 Å². The molecule has 6 atom stereocenters. The number of nitrogens with one attached hydrogen (secondary N) is 4. The summed E-state index contributed by atoms with van der Waals surface area (Å²) in [5.41, 5.74) is 24.9. The molecule has 6 unspecified atom stereocenters. The zero-order valence-electron chi connectivity index (χ0n) is 58.7. The van der Waals surface area contributed by atoms with Crippen LogP contribution in [0.1, 0.15) is 173 Å². The maximum atomic E-state index is 12.6. The molecule has 10 aromatic rings. The number of hydrazone groups is 1. The van der Waals surface area contributed by atoms with E-state index in [4.69, 9.17) is 15.1 Å². The van der Waals surface area contributed by atoms with E-state index in [9.17, 15) is 9.59 Å². The highest BCUT2D eigenvalue weighted by molar-refractivity contribution is 6.21. The molecule has 0 spiro atoms. The van der Waals surface area contributed by atoms with Crippen LogP contribution in [0.25, 0.3) is 16.5 Å². The summed E-state index contributed by atoms with van der Waals surface area (Å²) in [5.74, 6) is 1.49. The van der Waals surface area contributed by atoms with Gasteiger partial charge in [0.25, 0.3) is 5.56 Å². The molecule has 2 aromatic heterocycles. The lowest BCUT2D eigenvalue weighted by atomic mass is 9.67. The predicted octanol–water partition coefficient (Wildman–Crippen LogP) is 15.6. The van der Waals surface area contributed by atoms with Gasteiger partial charge in [-0.15, -0.1) is 0 Å². The number of anilines is 2. The van der Waals surface area contributed by atoms with Crippen LogP contribution < -0.4 is 21.6 Å². The molecule has 0 radical (unpaired) electrons. The van der Waals surface area contributed by atoms with Crippen LogP contribution in [0, 0.1) is 0 Å². The Morgan fingerprint density at radius 2 is 1.18 bits per heavy atom. The van der Waals surface area contributed by atoms with Crippen LogP contribution in [0.4, 0.5) is 11.4 Å². The fraction of sp³-hybridized carbons (Fsp3) is 0.326. The zero-order chi connectivity index (χ0) is 68.8. The van der Waals surface area contributed by atoms with Gasteiger partial charge in [0.2, 0.25) is 0 Å². The third kappa shape index (κ3) is 14.4. The number of carbonyl (C=O) groups is 1. The molecule has 0 saturated carbocycles. The quantitative estimate of drug-likeness (QED) is 0.0649. The first kappa shape index (κ1) is 69.6. The third-order valence-electron chi connectivity index (χ3n) is 21.4. The summed E-state index contributed by atoms with van der Waals surface area (Å²) in [6.07, 6.45) is 5.93. The van der Waals surface area contributed by atoms with Gasteiger partial charge in [-0.25, -0.2) is 10.1 Å². The smallest absolute Gasteiger partial charge is 0.272 e. The van der Waals surface area contributed by atoms with Crippen LogP contribution in [0.2, 0.25) is 0 Å². The summed E-state index contributed by atoms with van der Waals surface area (Å²) in [6, 6.07) is 66.9. The number of nitrogens with zero attached hydrogens (tertiary/aromatic N) is 9. The SMILES string of the molecule is C.C=C1NN=C2c3c(cccc31)CC(c1ccc(CN(CC)CC)cc1)C2c1cccc(CN(CC)CC)c1.CCCn1ccnc1C1C2=NCC(=O)c3cccc(c32)NC1c1ccccc1.CN1CCN(Cc2cccc(C3c4n[nH]c(=O)c5cccc(c45)NC3c3ccccc3)c2)CC1. The fourth-order valence-electron chi connectivity index (χ4n) is 16.0. The summed E-state index contributed by atoms with van der Waals surface area (Å²) >= 11 is 0. The Kier molecular flexibility index (Phi) is 21.6. The van der Waals surface area contributed by atoms with Gasteiger partial charge in [-0.3, -0.25) is 34.7 Å². The fourth-order valence-corrected chi connectivity index (χ4v) is 16.0. The molecule has 15 heteroatoms.